The minimum atomic E-state index is -0.250. The van der Waals surface area contributed by atoms with E-state index in [2.05, 4.69) is 0 Å². The quantitative estimate of drug-likeness (QED) is 0.664. The van der Waals surface area contributed by atoms with Gasteiger partial charge >= 0.3 is 0 Å². The molecule has 1 heterocycles. The van der Waals surface area contributed by atoms with Crippen molar-refractivity contribution in [2.75, 3.05) is 6.61 Å². The monoisotopic (exact) mass is 181 g/mol. The third kappa shape index (κ3) is 1.65. The van der Waals surface area contributed by atoms with Gasteiger partial charge in [-0.1, -0.05) is 0 Å². The van der Waals surface area contributed by atoms with Gasteiger partial charge in [0, 0.05) is 11.6 Å². The Hall–Kier alpha value is -1.09. The van der Waals surface area contributed by atoms with Crippen molar-refractivity contribution >= 4 is 0 Å². The molecule has 0 bridgehead atoms. The Balaban J connectivity index is 2.43. The summed E-state index contributed by atoms with van der Waals surface area (Å²) in [6.07, 6.45) is 1.79. The van der Waals surface area contributed by atoms with Crippen LogP contribution in [0.3, 0.4) is 0 Å². The highest BCUT2D eigenvalue weighted by Crippen LogP contribution is 2.30. The van der Waals surface area contributed by atoms with Gasteiger partial charge in [0.15, 0.2) is 0 Å². The van der Waals surface area contributed by atoms with Crippen LogP contribution in [0.2, 0.25) is 0 Å². The first-order chi connectivity index (χ1) is 6.27. The van der Waals surface area contributed by atoms with Crippen molar-refractivity contribution in [2.45, 2.75) is 18.9 Å². The van der Waals surface area contributed by atoms with Gasteiger partial charge < -0.3 is 10.5 Å². The van der Waals surface area contributed by atoms with E-state index < -0.39 is 0 Å². The van der Waals surface area contributed by atoms with Crippen LogP contribution < -0.4 is 10.5 Å². The maximum atomic E-state index is 12.9. The van der Waals surface area contributed by atoms with Crippen LogP contribution in [-0.4, -0.2) is 6.61 Å². The topological polar surface area (TPSA) is 35.2 Å². The molecule has 0 aromatic heterocycles. The molecule has 2 rings (SSSR count). The van der Waals surface area contributed by atoms with Gasteiger partial charge in [-0.25, -0.2) is 4.39 Å². The van der Waals surface area contributed by atoms with Gasteiger partial charge in [-0.15, -0.1) is 0 Å². The Labute approximate surface area is 76.5 Å². The van der Waals surface area contributed by atoms with Crippen LogP contribution in [0.25, 0.3) is 0 Å². The minimum Gasteiger partial charge on any atom is -0.493 e. The lowest BCUT2D eigenvalue weighted by molar-refractivity contribution is 0.316. The van der Waals surface area contributed by atoms with Crippen molar-refractivity contribution in [1.82, 2.24) is 0 Å². The van der Waals surface area contributed by atoms with Gasteiger partial charge in [0.05, 0.1) is 6.61 Å². The Morgan fingerprint density at radius 3 is 3.15 bits per heavy atom. The fourth-order valence-electron chi connectivity index (χ4n) is 1.58. The molecule has 1 aliphatic rings. The smallest absolute Gasteiger partial charge is 0.124 e. The predicted molar refractivity (Wildman–Crippen MR) is 48.1 cm³/mol. The van der Waals surface area contributed by atoms with Crippen molar-refractivity contribution in [3.8, 4) is 5.75 Å². The lowest BCUT2D eigenvalue weighted by Gasteiger charge is -2.10. The predicted octanol–water partition coefficient (Wildman–Crippen LogP) is 2.00. The SMILES string of the molecule is N[C@@H]1CCCOc2ccc(F)cc21. The summed E-state index contributed by atoms with van der Waals surface area (Å²) >= 11 is 0. The summed E-state index contributed by atoms with van der Waals surface area (Å²) in [5.74, 6) is 0.478. The number of fused-ring (bicyclic) bond motifs is 1. The van der Waals surface area contributed by atoms with E-state index in [4.69, 9.17) is 10.5 Å². The summed E-state index contributed by atoms with van der Waals surface area (Å²) in [7, 11) is 0. The second-order valence-electron chi connectivity index (χ2n) is 3.28. The van der Waals surface area contributed by atoms with Gasteiger partial charge in [0.1, 0.15) is 11.6 Å². The molecule has 0 saturated heterocycles. The van der Waals surface area contributed by atoms with Crippen molar-refractivity contribution in [3.63, 3.8) is 0 Å². The minimum absolute atomic E-state index is 0.0896. The van der Waals surface area contributed by atoms with Crippen LogP contribution in [0.5, 0.6) is 5.75 Å². The molecule has 1 aromatic rings. The van der Waals surface area contributed by atoms with Crippen LogP contribution in [0.4, 0.5) is 4.39 Å². The fourth-order valence-corrected chi connectivity index (χ4v) is 1.58. The molecular weight excluding hydrogens is 169 g/mol. The number of benzene rings is 1. The van der Waals surface area contributed by atoms with Gasteiger partial charge in [-0.05, 0) is 31.0 Å². The molecular formula is C10H12FNO. The molecule has 0 radical (unpaired) electrons. The molecule has 13 heavy (non-hydrogen) atoms. The van der Waals surface area contributed by atoms with E-state index in [1.807, 2.05) is 0 Å². The standard InChI is InChI=1S/C10H12FNO/c11-7-3-4-10-8(6-7)9(12)2-1-5-13-10/h3-4,6,9H,1-2,5,12H2/t9-/m1/s1. The molecule has 3 heteroatoms. The summed E-state index contributed by atoms with van der Waals surface area (Å²) in [4.78, 5) is 0. The largest absolute Gasteiger partial charge is 0.493 e. The summed E-state index contributed by atoms with van der Waals surface area (Å²) in [5, 5.41) is 0. The number of nitrogens with two attached hydrogens (primary N) is 1. The van der Waals surface area contributed by atoms with Crippen LogP contribution >= 0.6 is 0 Å². The molecule has 0 aliphatic carbocycles. The molecule has 2 N–H and O–H groups in total. The Kier molecular flexibility index (Phi) is 2.19. The van der Waals surface area contributed by atoms with Gasteiger partial charge in [-0.3, -0.25) is 0 Å². The molecule has 0 amide bonds. The van der Waals surface area contributed by atoms with Gasteiger partial charge in [0.2, 0.25) is 0 Å². The van der Waals surface area contributed by atoms with E-state index in [9.17, 15) is 4.39 Å². The average Bonchev–Trinajstić information content (AvgIpc) is 2.29. The molecule has 70 valence electrons. The summed E-state index contributed by atoms with van der Waals surface area (Å²) in [5.41, 5.74) is 6.66. The van der Waals surface area contributed by atoms with Crippen molar-refractivity contribution in [3.05, 3.63) is 29.6 Å². The van der Waals surface area contributed by atoms with Crippen LogP contribution in [0.1, 0.15) is 24.4 Å². The molecule has 0 spiro atoms. The number of halogens is 1. The molecule has 1 aromatic carbocycles. The highest BCUT2D eigenvalue weighted by molar-refractivity contribution is 5.36. The van der Waals surface area contributed by atoms with Gasteiger partial charge in [0.25, 0.3) is 0 Å². The van der Waals surface area contributed by atoms with E-state index >= 15 is 0 Å². The first-order valence-electron chi connectivity index (χ1n) is 4.45. The lowest BCUT2D eigenvalue weighted by Crippen LogP contribution is -2.09. The number of ether oxygens (including phenoxy) is 1. The van der Waals surface area contributed by atoms with E-state index in [0.29, 0.717) is 6.61 Å². The van der Waals surface area contributed by atoms with Crippen molar-refractivity contribution < 1.29 is 9.13 Å². The highest BCUT2D eigenvalue weighted by atomic mass is 19.1. The summed E-state index contributed by atoms with van der Waals surface area (Å²) in [6, 6.07) is 4.42. The van der Waals surface area contributed by atoms with E-state index in [1.54, 1.807) is 6.07 Å². The molecule has 0 unspecified atom stereocenters. The molecule has 2 nitrogen and oxygen atoms in total. The van der Waals surface area contributed by atoms with Crippen LogP contribution in [-0.2, 0) is 0 Å². The third-order valence-corrected chi connectivity index (χ3v) is 2.29. The Morgan fingerprint density at radius 1 is 1.46 bits per heavy atom. The van der Waals surface area contributed by atoms with E-state index in [-0.39, 0.29) is 11.9 Å². The van der Waals surface area contributed by atoms with E-state index in [1.165, 1.54) is 12.1 Å². The van der Waals surface area contributed by atoms with Crippen LogP contribution in [0, 0.1) is 5.82 Å². The van der Waals surface area contributed by atoms with Crippen LogP contribution in [0.15, 0.2) is 18.2 Å². The maximum absolute atomic E-state index is 12.9. The first kappa shape index (κ1) is 8.51. The first-order valence-corrected chi connectivity index (χ1v) is 4.45. The zero-order valence-corrected chi connectivity index (χ0v) is 7.29. The number of hydrogen-bond acceptors (Lipinski definition) is 2. The molecule has 0 saturated carbocycles. The highest BCUT2D eigenvalue weighted by Gasteiger charge is 2.16. The second kappa shape index (κ2) is 3.34. The molecule has 1 aliphatic heterocycles. The van der Waals surface area contributed by atoms with Crippen molar-refractivity contribution in [1.29, 1.82) is 0 Å². The number of rotatable bonds is 0. The van der Waals surface area contributed by atoms with E-state index in [0.717, 1.165) is 24.2 Å². The zero-order chi connectivity index (χ0) is 9.26. The summed E-state index contributed by atoms with van der Waals surface area (Å²) < 4.78 is 18.3. The average molecular weight is 181 g/mol. The fraction of sp³-hybridized carbons (Fsp3) is 0.400. The lowest BCUT2D eigenvalue weighted by atomic mass is 10.0. The van der Waals surface area contributed by atoms with Gasteiger partial charge in [-0.2, -0.15) is 0 Å². The number of hydrogen-bond donors (Lipinski definition) is 1. The summed E-state index contributed by atoms with van der Waals surface area (Å²) in [6.45, 7) is 0.673. The second-order valence-corrected chi connectivity index (χ2v) is 3.28. The normalized spacial score (nSPS) is 21.5. The Bertz CT molecular complexity index is 314. The van der Waals surface area contributed by atoms with Crippen molar-refractivity contribution in [2.24, 2.45) is 5.73 Å². The molecule has 0 fully saturated rings. The Morgan fingerprint density at radius 2 is 2.31 bits per heavy atom. The third-order valence-electron chi connectivity index (χ3n) is 2.29. The maximum Gasteiger partial charge on any atom is 0.124 e. The molecule has 1 atom stereocenters. The zero-order valence-electron chi connectivity index (χ0n) is 7.29.